The second-order valence-corrected chi connectivity index (χ2v) is 10.7. The first-order valence-corrected chi connectivity index (χ1v) is 13.8. The topological polar surface area (TPSA) is 116 Å². The second-order valence-electron chi connectivity index (χ2n) is 9.51. The summed E-state index contributed by atoms with van der Waals surface area (Å²) in [6.07, 6.45) is 0.572. The summed E-state index contributed by atoms with van der Waals surface area (Å²) in [6, 6.07) is 14.4. The van der Waals surface area contributed by atoms with E-state index in [-0.39, 0.29) is 50.1 Å². The number of para-hydroxylation sites is 1. The van der Waals surface area contributed by atoms with Crippen LogP contribution in [0.4, 0.5) is 0 Å². The number of aliphatic hydroxyl groups is 2. The van der Waals surface area contributed by atoms with Gasteiger partial charge in [0.15, 0.2) is 0 Å². The largest absolute Gasteiger partial charge is 0.482 e. The highest BCUT2D eigenvalue weighted by Crippen LogP contribution is 2.31. The zero-order valence-corrected chi connectivity index (χ0v) is 23.9. The third kappa shape index (κ3) is 8.37. The van der Waals surface area contributed by atoms with E-state index in [4.69, 9.17) is 4.74 Å². The zero-order chi connectivity index (χ0) is 27.7. The van der Waals surface area contributed by atoms with E-state index in [0.717, 1.165) is 14.7 Å². The minimum absolute atomic E-state index is 0.0114. The van der Waals surface area contributed by atoms with Gasteiger partial charge in [-0.05, 0) is 66.6 Å². The van der Waals surface area contributed by atoms with Crippen LogP contribution in [0.3, 0.4) is 0 Å². The minimum atomic E-state index is -1.11. The van der Waals surface area contributed by atoms with Crippen molar-refractivity contribution in [1.82, 2.24) is 10.2 Å². The van der Waals surface area contributed by atoms with Crippen LogP contribution in [0.2, 0.25) is 0 Å². The van der Waals surface area contributed by atoms with Crippen LogP contribution >= 0.6 is 22.6 Å². The molecule has 38 heavy (non-hydrogen) atoms. The Labute approximate surface area is 237 Å². The molecule has 3 unspecified atom stereocenters. The van der Waals surface area contributed by atoms with E-state index in [0.29, 0.717) is 24.2 Å². The molecule has 2 aromatic carbocycles. The maximum Gasteiger partial charge on any atom is 0.247 e. The lowest BCUT2D eigenvalue weighted by atomic mass is 9.87. The van der Waals surface area contributed by atoms with Gasteiger partial charge in [0.05, 0.1) is 16.2 Å². The van der Waals surface area contributed by atoms with E-state index >= 15 is 0 Å². The van der Waals surface area contributed by atoms with Crippen LogP contribution in [0.1, 0.15) is 43.7 Å². The molecular formula is C29H35IN2O6. The highest BCUT2D eigenvalue weighted by atomic mass is 127. The number of nitrogens with one attached hydrogen (secondary N) is 1. The molecule has 2 amide bonds. The van der Waals surface area contributed by atoms with Crippen molar-refractivity contribution in [2.75, 3.05) is 13.2 Å². The molecule has 0 aromatic heterocycles. The molecule has 0 fully saturated rings. The van der Waals surface area contributed by atoms with Crippen LogP contribution in [0.25, 0.3) is 0 Å². The number of carbonyl (C=O) groups excluding carboxylic acids is 3. The molecule has 1 aliphatic rings. The predicted octanol–water partition coefficient (Wildman–Crippen LogP) is 3.30. The molecule has 0 heterocycles. The standard InChI is InChI=1S/C29H35IN2O6/c1-19-10-12-21(13-11-19)18-32(27(35)9-5-6-20(2)34)24-16-22(29(37)31-14-15-33)17-26(28(24)36)38-25-8-4-3-7-23(25)30/h3-4,7-8,10-13,17,24,26,28,33,36H,5-6,9,14-16,18H2,1-2H3,(H,31,37). The number of Topliss-reactive ketones (excluding diaryl/α,β-unsaturated/α-hetero) is 1. The monoisotopic (exact) mass is 634 g/mol. The maximum absolute atomic E-state index is 13.5. The SMILES string of the molecule is CC(=O)CCCC(=O)N(Cc1ccc(C)cc1)C1CC(C(=O)NCCO)=CC(Oc2ccccc2I)C1O. The Morgan fingerprint density at radius 3 is 2.47 bits per heavy atom. The van der Waals surface area contributed by atoms with Gasteiger partial charge in [-0.25, -0.2) is 0 Å². The Morgan fingerprint density at radius 1 is 1.11 bits per heavy atom. The summed E-state index contributed by atoms with van der Waals surface area (Å²) in [4.78, 5) is 39.5. The molecule has 8 nitrogen and oxygen atoms in total. The highest BCUT2D eigenvalue weighted by Gasteiger charge is 2.40. The number of amides is 2. The quantitative estimate of drug-likeness (QED) is 0.309. The Kier molecular flexibility index (Phi) is 11.3. The summed E-state index contributed by atoms with van der Waals surface area (Å²) in [7, 11) is 0. The van der Waals surface area contributed by atoms with Gasteiger partial charge in [-0.2, -0.15) is 0 Å². The fraction of sp³-hybridized carbons (Fsp3) is 0.414. The molecule has 1 aliphatic carbocycles. The van der Waals surface area contributed by atoms with E-state index < -0.39 is 18.2 Å². The molecule has 9 heteroatoms. The van der Waals surface area contributed by atoms with Crippen molar-refractivity contribution >= 4 is 40.2 Å². The first kappa shape index (κ1) is 29.8. The normalized spacial score (nSPS) is 18.9. The Hall–Kier alpha value is -2.76. The molecule has 0 spiro atoms. The van der Waals surface area contributed by atoms with Gasteiger partial charge in [-0.1, -0.05) is 42.0 Å². The van der Waals surface area contributed by atoms with Crippen molar-refractivity contribution in [3.8, 4) is 5.75 Å². The number of halogens is 1. The van der Waals surface area contributed by atoms with Crippen molar-refractivity contribution in [2.45, 2.75) is 64.3 Å². The number of carbonyl (C=O) groups is 3. The fourth-order valence-corrected chi connectivity index (χ4v) is 4.89. The van der Waals surface area contributed by atoms with Gasteiger partial charge >= 0.3 is 0 Å². The van der Waals surface area contributed by atoms with Gasteiger partial charge in [-0.15, -0.1) is 0 Å². The third-order valence-corrected chi connectivity index (χ3v) is 7.32. The van der Waals surface area contributed by atoms with Gasteiger partial charge in [0.25, 0.3) is 0 Å². The van der Waals surface area contributed by atoms with Gasteiger partial charge in [0, 0.05) is 37.9 Å². The van der Waals surface area contributed by atoms with Gasteiger partial charge < -0.3 is 30.0 Å². The maximum atomic E-state index is 13.5. The number of aliphatic hydroxyl groups excluding tert-OH is 2. The molecule has 0 saturated heterocycles. The number of aryl methyl sites for hydroxylation is 1. The van der Waals surface area contributed by atoms with Crippen LogP contribution in [0, 0.1) is 10.5 Å². The van der Waals surface area contributed by atoms with Crippen molar-refractivity contribution in [3.05, 3.63) is 74.9 Å². The third-order valence-electron chi connectivity index (χ3n) is 6.43. The van der Waals surface area contributed by atoms with Gasteiger partial charge in [0.2, 0.25) is 11.8 Å². The lowest BCUT2D eigenvalue weighted by Crippen LogP contribution is -2.54. The molecule has 3 rings (SSSR count). The number of ketones is 1. The number of nitrogens with zero attached hydrogens (tertiary/aromatic N) is 1. The van der Waals surface area contributed by atoms with Gasteiger partial charge in [-0.3, -0.25) is 9.59 Å². The fourth-order valence-electron chi connectivity index (χ4n) is 4.38. The molecule has 204 valence electrons. The highest BCUT2D eigenvalue weighted by molar-refractivity contribution is 14.1. The van der Waals surface area contributed by atoms with Crippen LogP contribution in [-0.2, 0) is 20.9 Å². The minimum Gasteiger partial charge on any atom is -0.482 e. The lowest BCUT2D eigenvalue weighted by molar-refractivity contribution is -0.139. The molecule has 0 radical (unpaired) electrons. The van der Waals surface area contributed by atoms with E-state index in [2.05, 4.69) is 27.9 Å². The number of hydrogen-bond acceptors (Lipinski definition) is 6. The molecular weight excluding hydrogens is 599 g/mol. The molecule has 3 atom stereocenters. The van der Waals surface area contributed by atoms with Crippen molar-refractivity contribution in [1.29, 1.82) is 0 Å². The average Bonchev–Trinajstić information content (AvgIpc) is 2.89. The van der Waals surface area contributed by atoms with Gasteiger partial charge in [0.1, 0.15) is 23.7 Å². The number of rotatable bonds is 12. The summed E-state index contributed by atoms with van der Waals surface area (Å²) in [5.41, 5.74) is 2.34. The Morgan fingerprint density at radius 2 is 1.82 bits per heavy atom. The molecule has 0 saturated carbocycles. The first-order valence-electron chi connectivity index (χ1n) is 12.7. The molecule has 3 N–H and O–H groups in total. The van der Waals surface area contributed by atoms with E-state index in [1.165, 1.54) is 6.92 Å². The van der Waals surface area contributed by atoms with Crippen LogP contribution in [0.15, 0.2) is 60.2 Å². The van der Waals surface area contributed by atoms with Crippen molar-refractivity contribution in [2.24, 2.45) is 0 Å². The summed E-state index contributed by atoms with van der Waals surface area (Å²) < 4.78 is 7.02. The second kappa shape index (κ2) is 14.4. The van der Waals surface area contributed by atoms with E-state index in [9.17, 15) is 24.6 Å². The summed E-state index contributed by atoms with van der Waals surface area (Å²) in [5, 5.41) is 23.4. The molecule has 0 bridgehead atoms. The van der Waals surface area contributed by atoms with Crippen molar-refractivity contribution in [3.63, 3.8) is 0 Å². The smallest absolute Gasteiger partial charge is 0.247 e. The predicted molar refractivity (Wildman–Crippen MR) is 152 cm³/mol. The van der Waals surface area contributed by atoms with E-state index in [1.54, 1.807) is 17.0 Å². The van der Waals surface area contributed by atoms with Crippen molar-refractivity contribution < 1.29 is 29.3 Å². The Balaban J connectivity index is 1.95. The number of hydrogen-bond donors (Lipinski definition) is 3. The first-order chi connectivity index (χ1) is 18.2. The van der Waals surface area contributed by atoms with Crippen LogP contribution in [0.5, 0.6) is 5.75 Å². The molecule has 2 aromatic rings. The summed E-state index contributed by atoms with van der Waals surface area (Å²) in [6.45, 7) is 3.59. The lowest BCUT2D eigenvalue weighted by Gasteiger charge is -2.40. The average molecular weight is 635 g/mol. The summed E-state index contributed by atoms with van der Waals surface area (Å²) >= 11 is 2.14. The van der Waals surface area contributed by atoms with E-state index in [1.807, 2.05) is 49.4 Å². The zero-order valence-electron chi connectivity index (χ0n) is 21.7. The number of benzene rings is 2. The number of ether oxygens (including phenoxy) is 1. The van der Waals surface area contributed by atoms with Crippen LogP contribution < -0.4 is 10.1 Å². The van der Waals surface area contributed by atoms with Crippen LogP contribution in [-0.4, -0.2) is 64.1 Å². The molecule has 0 aliphatic heterocycles. The Bertz CT molecular complexity index is 1150. The summed E-state index contributed by atoms with van der Waals surface area (Å²) in [5.74, 6) is -0.0214.